The number of ether oxygens (including phenoxy) is 2. The second-order valence-electron chi connectivity index (χ2n) is 7.80. The second kappa shape index (κ2) is 11.4. The standard InChI is InChI=1S/C24H22Cl2N2O7S/c25-19-14-20(26)21(36(31,32)27-15-17-7-4-10-34-17)13-18(19)24(30)35-22(16-5-2-1-3-6-16)23(29)28-8-11-33-12-9-28/h1-7,10,13-14,22,27H,8-9,11-12,15H2/t22-/m0/s1. The molecule has 1 aliphatic rings. The zero-order valence-corrected chi connectivity index (χ0v) is 21.2. The molecule has 2 heterocycles. The van der Waals surface area contributed by atoms with Crippen molar-refractivity contribution in [1.29, 1.82) is 0 Å². The average molecular weight is 553 g/mol. The first kappa shape index (κ1) is 26.2. The summed E-state index contributed by atoms with van der Waals surface area (Å²) in [5, 5.41) is -0.312. The van der Waals surface area contributed by atoms with E-state index in [9.17, 15) is 18.0 Å². The van der Waals surface area contributed by atoms with Crippen molar-refractivity contribution >= 4 is 45.1 Å². The molecule has 1 fully saturated rings. The van der Waals surface area contributed by atoms with Crippen molar-refractivity contribution in [3.8, 4) is 0 Å². The first-order valence-corrected chi connectivity index (χ1v) is 13.1. The van der Waals surface area contributed by atoms with Crippen molar-refractivity contribution in [2.75, 3.05) is 26.3 Å². The Labute approximate surface area is 217 Å². The number of halogens is 2. The van der Waals surface area contributed by atoms with Crippen molar-refractivity contribution in [2.45, 2.75) is 17.5 Å². The Hall–Kier alpha value is -2.89. The lowest BCUT2D eigenvalue weighted by Gasteiger charge is -2.30. The predicted octanol–water partition coefficient (Wildman–Crippen LogP) is 3.82. The molecule has 0 spiro atoms. The largest absolute Gasteiger partial charge is 0.468 e. The maximum atomic E-state index is 13.3. The quantitative estimate of drug-likeness (QED) is 0.422. The first-order chi connectivity index (χ1) is 17.3. The first-order valence-electron chi connectivity index (χ1n) is 10.9. The smallest absolute Gasteiger partial charge is 0.340 e. The van der Waals surface area contributed by atoms with E-state index in [0.29, 0.717) is 37.6 Å². The van der Waals surface area contributed by atoms with Crippen LogP contribution in [0.5, 0.6) is 0 Å². The number of sulfonamides is 1. The van der Waals surface area contributed by atoms with E-state index in [4.69, 9.17) is 37.1 Å². The summed E-state index contributed by atoms with van der Waals surface area (Å²) in [7, 11) is -4.15. The van der Waals surface area contributed by atoms with Gasteiger partial charge >= 0.3 is 5.97 Å². The van der Waals surface area contributed by atoms with Gasteiger partial charge in [0.05, 0.1) is 41.6 Å². The van der Waals surface area contributed by atoms with Gasteiger partial charge in [-0.05, 0) is 24.3 Å². The number of benzene rings is 2. The van der Waals surface area contributed by atoms with Gasteiger partial charge in [-0.2, -0.15) is 0 Å². The number of rotatable bonds is 8. The van der Waals surface area contributed by atoms with Gasteiger partial charge < -0.3 is 18.8 Å². The predicted molar refractivity (Wildman–Crippen MR) is 131 cm³/mol. The van der Waals surface area contributed by atoms with E-state index in [1.807, 2.05) is 0 Å². The third-order valence-electron chi connectivity index (χ3n) is 5.42. The lowest BCUT2D eigenvalue weighted by atomic mass is 10.1. The fourth-order valence-corrected chi connectivity index (χ4v) is 5.40. The summed E-state index contributed by atoms with van der Waals surface area (Å²) >= 11 is 12.4. The zero-order chi connectivity index (χ0) is 25.7. The van der Waals surface area contributed by atoms with Crippen LogP contribution in [0.2, 0.25) is 10.0 Å². The highest BCUT2D eigenvalue weighted by Crippen LogP contribution is 2.31. The van der Waals surface area contributed by atoms with Gasteiger partial charge in [0, 0.05) is 18.7 Å². The molecular formula is C24H22Cl2N2O7S. The molecule has 9 nitrogen and oxygen atoms in total. The molecule has 12 heteroatoms. The van der Waals surface area contributed by atoms with Crippen LogP contribution in [-0.4, -0.2) is 51.5 Å². The summed E-state index contributed by atoms with van der Waals surface area (Å²) in [6.45, 7) is 1.32. The monoisotopic (exact) mass is 552 g/mol. The fourth-order valence-electron chi connectivity index (χ4n) is 3.56. The fraction of sp³-hybridized carbons (Fsp3) is 0.250. The van der Waals surface area contributed by atoms with Gasteiger partial charge in [0.2, 0.25) is 16.1 Å². The van der Waals surface area contributed by atoms with Crippen LogP contribution >= 0.6 is 23.2 Å². The van der Waals surface area contributed by atoms with Crippen LogP contribution in [0.15, 0.2) is 70.2 Å². The Morgan fingerprint density at radius 2 is 1.75 bits per heavy atom. The molecule has 1 N–H and O–H groups in total. The highest BCUT2D eigenvalue weighted by molar-refractivity contribution is 7.89. The van der Waals surface area contributed by atoms with Crippen LogP contribution < -0.4 is 4.72 Å². The lowest BCUT2D eigenvalue weighted by molar-refractivity contribution is -0.145. The molecule has 1 atom stereocenters. The number of nitrogens with zero attached hydrogens (tertiary/aromatic N) is 1. The molecule has 36 heavy (non-hydrogen) atoms. The number of furan rings is 1. The molecule has 0 bridgehead atoms. The van der Waals surface area contributed by atoms with Crippen molar-refractivity contribution in [3.05, 3.63) is 87.8 Å². The molecule has 1 aromatic heterocycles. The van der Waals surface area contributed by atoms with Gasteiger partial charge in [-0.25, -0.2) is 17.9 Å². The van der Waals surface area contributed by atoms with Crippen LogP contribution in [0, 0.1) is 0 Å². The van der Waals surface area contributed by atoms with Crippen LogP contribution in [0.25, 0.3) is 0 Å². The van der Waals surface area contributed by atoms with E-state index in [1.54, 1.807) is 47.4 Å². The van der Waals surface area contributed by atoms with E-state index in [0.717, 1.165) is 12.1 Å². The molecule has 1 saturated heterocycles. The highest BCUT2D eigenvalue weighted by atomic mass is 35.5. The number of hydrogen-bond donors (Lipinski definition) is 1. The molecule has 2 aromatic carbocycles. The molecule has 0 aliphatic carbocycles. The van der Waals surface area contributed by atoms with Gasteiger partial charge in [-0.3, -0.25) is 4.79 Å². The van der Waals surface area contributed by atoms with E-state index >= 15 is 0 Å². The minimum absolute atomic E-state index is 0.124. The molecule has 0 saturated carbocycles. The minimum atomic E-state index is -4.15. The molecule has 0 radical (unpaired) electrons. The number of nitrogens with one attached hydrogen (secondary N) is 1. The van der Waals surface area contributed by atoms with Crippen LogP contribution in [0.1, 0.15) is 27.8 Å². The number of hydrogen-bond acceptors (Lipinski definition) is 7. The molecule has 0 unspecified atom stereocenters. The molecule has 3 aromatic rings. The number of carbonyl (C=O) groups excluding carboxylic acids is 2. The summed E-state index contributed by atoms with van der Waals surface area (Å²) in [4.78, 5) is 27.6. The van der Waals surface area contributed by atoms with E-state index < -0.39 is 28.0 Å². The van der Waals surface area contributed by atoms with Crippen molar-refractivity contribution in [1.82, 2.24) is 9.62 Å². The Morgan fingerprint density at radius 3 is 2.42 bits per heavy atom. The number of esters is 1. The van der Waals surface area contributed by atoms with Crippen LogP contribution in [0.3, 0.4) is 0 Å². The summed E-state index contributed by atoms with van der Waals surface area (Å²) < 4.78 is 44.2. The third-order valence-corrected chi connectivity index (χ3v) is 7.60. The normalized spacial score (nSPS) is 14.9. The number of amides is 1. The van der Waals surface area contributed by atoms with Gasteiger partial charge in [-0.1, -0.05) is 53.5 Å². The van der Waals surface area contributed by atoms with Gasteiger partial charge in [0.15, 0.2) is 0 Å². The molecule has 1 aliphatic heterocycles. The molecule has 4 rings (SSSR count). The van der Waals surface area contributed by atoms with Crippen molar-refractivity contribution in [3.63, 3.8) is 0 Å². The Balaban J connectivity index is 1.61. The Morgan fingerprint density at radius 1 is 1.03 bits per heavy atom. The van der Waals surface area contributed by atoms with Gasteiger partial charge in [0.1, 0.15) is 10.7 Å². The summed E-state index contributed by atoms with van der Waals surface area (Å²) in [6.07, 6.45) is 0.148. The molecule has 1 amide bonds. The Kier molecular flexibility index (Phi) is 8.32. The number of morpholine rings is 1. The van der Waals surface area contributed by atoms with E-state index in [2.05, 4.69) is 4.72 Å². The maximum absolute atomic E-state index is 13.3. The number of carbonyl (C=O) groups is 2. The molecular weight excluding hydrogens is 531 g/mol. The molecule has 190 valence electrons. The van der Waals surface area contributed by atoms with Crippen molar-refractivity contribution < 1.29 is 31.9 Å². The zero-order valence-electron chi connectivity index (χ0n) is 18.9. The summed E-state index contributed by atoms with van der Waals surface area (Å²) in [5.74, 6) is -1.01. The van der Waals surface area contributed by atoms with Crippen LogP contribution in [-0.2, 0) is 30.8 Å². The van der Waals surface area contributed by atoms with Gasteiger partial charge in [0.25, 0.3) is 5.91 Å². The highest BCUT2D eigenvalue weighted by Gasteiger charge is 2.32. The minimum Gasteiger partial charge on any atom is -0.468 e. The third kappa shape index (κ3) is 6.08. The van der Waals surface area contributed by atoms with Crippen LogP contribution in [0.4, 0.5) is 0 Å². The van der Waals surface area contributed by atoms with Gasteiger partial charge in [-0.15, -0.1) is 0 Å². The van der Waals surface area contributed by atoms with E-state index in [-0.39, 0.29) is 27.0 Å². The maximum Gasteiger partial charge on any atom is 0.340 e. The average Bonchev–Trinajstić information content (AvgIpc) is 3.40. The topological polar surface area (TPSA) is 115 Å². The summed E-state index contributed by atoms with van der Waals surface area (Å²) in [6, 6.07) is 13.9. The van der Waals surface area contributed by atoms with Crippen molar-refractivity contribution in [2.24, 2.45) is 0 Å². The summed E-state index contributed by atoms with van der Waals surface area (Å²) in [5.41, 5.74) is 0.204. The second-order valence-corrected chi connectivity index (χ2v) is 10.3. The van der Waals surface area contributed by atoms with E-state index in [1.165, 1.54) is 6.26 Å². The lowest BCUT2D eigenvalue weighted by Crippen LogP contribution is -2.44. The SMILES string of the molecule is O=C(O[C@H](C(=O)N1CCOCC1)c1ccccc1)c1cc(S(=O)(=O)NCc2ccco2)c(Cl)cc1Cl. The Bertz CT molecular complexity index is 1330.